The third-order valence-corrected chi connectivity index (χ3v) is 3.24. The van der Waals surface area contributed by atoms with Crippen molar-refractivity contribution in [3.8, 4) is 6.07 Å². The summed E-state index contributed by atoms with van der Waals surface area (Å²) in [5.74, 6) is 0.248. The van der Waals surface area contributed by atoms with E-state index >= 15 is 0 Å². The summed E-state index contributed by atoms with van der Waals surface area (Å²) in [7, 11) is 0. The number of nitrogens with zero attached hydrogens (tertiary/aromatic N) is 3. The van der Waals surface area contributed by atoms with Crippen LogP contribution in [-0.4, -0.2) is 28.9 Å². The first-order valence-electron chi connectivity index (χ1n) is 7.13. The lowest BCUT2D eigenvalue weighted by Gasteiger charge is -2.23. The highest BCUT2D eigenvalue weighted by atomic mass is 16.2. The Labute approximate surface area is 125 Å². The highest BCUT2D eigenvalue weighted by Crippen LogP contribution is 2.18. The molecule has 0 bridgehead atoms. The monoisotopic (exact) mass is 281 g/mol. The summed E-state index contributed by atoms with van der Waals surface area (Å²) in [6.07, 6.45) is 2.00. The number of rotatable bonds is 5. The molecule has 1 heterocycles. The smallest absolute Gasteiger partial charge is 0.273 e. The quantitative estimate of drug-likeness (QED) is 0.845. The van der Waals surface area contributed by atoms with Crippen LogP contribution in [0.5, 0.6) is 0 Å². The standard InChI is InChI=1S/C17H19N3O/c1-13(2)12-20(11-5-9-18)17(21)16-15-7-4-3-6-14(15)8-10-19-16/h3-4,6-8,10,13H,5,11-12H2,1-2H3. The number of benzene rings is 1. The van der Waals surface area contributed by atoms with Crippen LogP contribution in [-0.2, 0) is 0 Å². The van der Waals surface area contributed by atoms with Crippen LogP contribution >= 0.6 is 0 Å². The van der Waals surface area contributed by atoms with Crippen molar-refractivity contribution < 1.29 is 4.79 Å². The van der Waals surface area contributed by atoms with Crippen LogP contribution in [0.1, 0.15) is 30.8 Å². The summed E-state index contributed by atoms with van der Waals surface area (Å²) in [6.45, 7) is 5.19. The molecule has 4 heteroatoms. The van der Waals surface area contributed by atoms with E-state index in [1.165, 1.54) is 0 Å². The normalized spacial score (nSPS) is 10.6. The number of aromatic nitrogens is 1. The maximum Gasteiger partial charge on any atom is 0.273 e. The maximum absolute atomic E-state index is 12.8. The predicted octanol–water partition coefficient (Wildman–Crippen LogP) is 3.25. The number of hydrogen-bond donors (Lipinski definition) is 0. The number of hydrogen-bond acceptors (Lipinski definition) is 3. The number of pyridine rings is 1. The third-order valence-electron chi connectivity index (χ3n) is 3.24. The molecular weight excluding hydrogens is 262 g/mol. The summed E-state index contributed by atoms with van der Waals surface area (Å²) in [5, 5.41) is 10.6. The van der Waals surface area contributed by atoms with Gasteiger partial charge in [-0.15, -0.1) is 0 Å². The number of nitriles is 1. The van der Waals surface area contributed by atoms with Crippen molar-refractivity contribution >= 4 is 16.7 Å². The van der Waals surface area contributed by atoms with Gasteiger partial charge in [-0.1, -0.05) is 38.1 Å². The van der Waals surface area contributed by atoms with Gasteiger partial charge in [-0.05, 0) is 17.4 Å². The minimum absolute atomic E-state index is 0.101. The second-order valence-electron chi connectivity index (χ2n) is 5.43. The number of carbonyl (C=O) groups excluding carboxylic acids is 1. The van der Waals surface area contributed by atoms with Gasteiger partial charge in [0.05, 0.1) is 12.5 Å². The van der Waals surface area contributed by atoms with Crippen molar-refractivity contribution in [2.75, 3.05) is 13.1 Å². The molecule has 0 N–H and O–H groups in total. The highest BCUT2D eigenvalue weighted by Gasteiger charge is 2.19. The Bertz CT molecular complexity index is 668. The fourth-order valence-corrected chi connectivity index (χ4v) is 2.34. The Morgan fingerprint density at radius 2 is 2.10 bits per heavy atom. The van der Waals surface area contributed by atoms with E-state index in [1.54, 1.807) is 11.1 Å². The van der Waals surface area contributed by atoms with E-state index in [9.17, 15) is 4.79 Å². The minimum Gasteiger partial charge on any atom is -0.336 e. The third kappa shape index (κ3) is 3.57. The van der Waals surface area contributed by atoms with Crippen LogP contribution in [0.15, 0.2) is 36.5 Å². The van der Waals surface area contributed by atoms with Crippen LogP contribution < -0.4 is 0 Å². The van der Waals surface area contributed by atoms with Crippen LogP contribution in [0.2, 0.25) is 0 Å². The first kappa shape index (κ1) is 15.0. The SMILES string of the molecule is CC(C)CN(CCC#N)C(=O)c1nccc2ccccc12. The Morgan fingerprint density at radius 3 is 2.81 bits per heavy atom. The predicted molar refractivity (Wildman–Crippen MR) is 82.7 cm³/mol. The molecule has 1 amide bonds. The van der Waals surface area contributed by atoms with E-state index in [0.29, 0.717) is 31.1 Å². The average Bonchev–Trinajstić information content (AvgIpc) is 2.50. The van der Waals surface area contributed by atoms with Crippen molar-refractivity contribution in [2.24, 2.45) is 5.92 Å². The zero-order chi connectivity index (χ0) is 15.2. The summed E-state index contributed by atoms with van der Waals surface area (Å²) in [4.78, 5) is 18.7. The minimum atomic E-state index is -0.101. The molecule has 0 unspecified atom stereocenters. The maximum atomic E-state index is 12.8. The summed E-state index contributed by atoms with van der Waals surface area (Å²) < 4.78 is 0. The lowest BCUT2D eigenvalue weighted by Crippen LogP contribution is -2.35. The summed E-state index contributed by atoms with van der Waals surface area (Å²) in [6, 6.07) is 11.7. The molecular formula is C17H19N3O. The highest BCUT2D eigenvalue weighted by molar-refractivity contribution is 6.05. The molecule has 0 atom stereocenters. The van der Waals surface area contributed by atoms with Crippen LogP contribution in [0.25, 0.3) is 10.8 Å². The molecule has 1 aromatic carbocycles. The fourth-order valence-electron chi connectivity index (χ4n) is 2.34. The molecule has 0 aliphatic carbocycles. The average molecular weight is 281 g/mol. The van der Waals surface area contributed by atoms with E-state index in [0.717, 1.165) is 10.8 Å². The van der Waals surface area contributed by atoms with E-state index in [1.807, 2.05) is 30.3 Å². The van der Waals surface area contributed by atoms with Crippen LogP contribution in [0, 0.1) is 17.2 Å². The molecule has 0 saturated heterocycles. The van der Waals surface area contributed by atoms with Gasteiger partial charge in [0.2, 0.25) is 0 Å². The lowest BCUT2D eigenvalue weighted by atomic mass is 10.1. The first-order valence-corrected chi connectivity index (χ1v) is 7.13. The molecule has 0 saturated carbocycles. The summed E-state index contributed by atoms with van der Waals surface area (Å²) >= 11 is 0. The number of fused-ring (bicyclic) bond motifs is 1. The van der Waals surface area contributed by atoms with E-state index in [-0.39, 0.29) is 5.91 Å². The Kier molecular flexibility index (Phi) is 4.89. The molecule has 108 valence electrons. The van der Waals surface area contributed by atoms with Gasteiger partial charge in [-0.2, -0.15) is 5.26 Å². The van der Waals surface area contributed by atoms with Gasteiger partial charge in [-0.25, -0.2) is 0 Å². The van der Waals surface area contributed by atoms with E-state index in [4.69, 9.17) is 5.26 Å². The van der Waals surface area contributed by atoms with Crippen molar-refractivity contribution in [2.45, 2.75) is 20.3 Å². The molecule has 0 radical (unpaired) electrons. The largest absolute Gasteiger partial charge is 0.336 e. The fraction of sp³-hybridized carbons (Fsp3) is 0.353. The number of carbonyl (C=O) groups is 1. The van der Waals surface area contributed by atoms with Crippen molar-refractivity contribution in [1.29, 1.82) is 5.26 Å². The second kappa shape index (κ2) is 6.85. The first-order chi connectivity index (χ1) is 10.1. The molecule has 0 aliphatic heterocycles. The Morgan fingerprint density at radius 1 is 1.33 bits per heavy atom. The molecule has 0 spiro atoms. The van der Waals surface area contributed by atoms with E-state index in [2.05, 4.69) is 24.9 Å². The van der Waals surface area contributed by atoms with Gasteiger partial charge in [0.15, 0.2) is 0 Å². The van der Waals surface area contributed by atoms with Crippen molar-refractivity contribution in [3.63, 3.8) is 0 Å². The molecule has 0 aliphatic rings. The number of amides is 1. The molecule has 0 fully saturated rings. The van der Waals surface area contributed by atoms with Gasteiger partial charge in [-0.3, -0.25) is 9.78 Å². The molecule has 2 aromatic rings. The zero-order valence-electron chi connectivity index (χ0n) is 12.4. The molecule has 21 heavy (non-hydrogen) atoms. The lowest BCUT2D eigenvalue weighted by molar-refractivity contribution is 0.0736. The Hall–Kier alpha value is -2.41. The topological polar surface area (TPSA) is 57.0 Å². The zero-order valence-corrected chi connectivity index (χ0v) is 12.4. The molecule has 1 aromatic heterocycles. The Balaban J connectivity index is 2.36. The van der Waals surface area contributed by atoms with Gasteiger partial charge in [0.1, 0.15) is 5.69 Å². The molecule has 4 nitrogen and oxygen atoms in total. The van der Waals surface area contributed by atoms with E-state index < -0.39 is 0 Å². The van der Waals surface area contributed by atoms with Crippen molar-refractivity contribution in [3.05, 3.63) is 42.2 Å². The van der Waals surface area contributed by atoms with Gasteiger partial charge >= 0.3 is 0 Å². The summed E-state index contributed by atoms with van der Waals surface area (Å²) in [5.41, 5.74) is 0.465. The van der Waals surface area contributed by atoms with Gasteiger partial charge < -0.3 is 4.90 Å². The van der Waals surface area contributed by atoms with Crippen LogP contribution in [0.3, 0.4) is 0 Å². The second-order valence-corrected chi connectivity index (χ2v) is 5.43. The van der Waals surface area contributed by atoms with Gasteiger partial charge in [0, 0.05) is 24.7 Å². The van der Waals surface area contributed by atoms with Crippen LogP contribution in [0.4, 0.5) is 0 Å². The molecule has 2 rings (SSSR count). The van der Waals surface area contributed by atoms with Gasteiger partial charge in [0.25, 0.3) is 5.91 Å². The van der Waals surface area contributed by atoms with Crippen molar-refractivity contribution in [1.82, 2.24) is 9.88 Å².